The molecule has 13 heteroatoms. The lowest BCUT2D eigenvalue weighted by Gasteiger charge is -2.30. The summed E-state index contributed by atoms with van der Waals surface area (Å²) in [6.45, 7) is 5.74. The molecule has 2 aliphatic heterocycles. The first-order chi connectivity index (χ1) is 22.7. The number of carbonyl (C=O) groups excluding carboxylic acids is 4. The number of thiazole rings is 1. The molecule has 3 unspecified atom stereocenters. The summed E-state index contributed by atoms with van der Waals surface area (Å²) in [6.07, 6.45) is 0. The number of benzene rings is 3. The van der Waals surface area contributed by atoms with Crippen molar-refractivity contribution in [3.05, 3.63) is 98.0 Å². The molecular weight excluding hydrogens is 643 g/mol. The van der Waals surface area contributed by atoms with Gasteiger partial charge in [-0.3, -0.25) is 19.2 Å². The number of hydrogen-bond donors (Lipinski definition) is 2. The minimum Gasteiger partial charge on any atom is -0.490 e. The van der Waals surface area contributed by atoms with Gasteiger partial charge in [0.1, 0.15) is 5.25 Å². The highest BCUT2D eigenvalue weighted by Gasteiger charge is 2.56. The second kappa shape index (κ2) is 13.5. The van der Waals surface area contributed by atoms with Gasteiger partial charge in [0.25, 0.3) is 5.91 Å². The second-order valence-corrected chi connectivity index (χ2v) is 13.0. The quantitative estimate of drug-likeness (QED) is 0.173. The predicted molar refractivity (Wildman–Crippen MR) is 178 cm³/mol. The molecule has 2 aliphatic rings. The van der Waals surface area contributed by atoms with Gasteiger partial charge >= 0.3 is 10.8 Å². The highest BCUT2D eigenvalue weighted by molar-refractivity contribution is 8.00. The zero-order valence-corrected chi connectivity index (χ0v) is 27.4. The predicted octanol–water partition coefficient (Wildman–Crippen LogP) is 5.13. The van der Waals surface area contributed by atoms with Crippen molar-refractivity contribution in [2.75, 3.05) is 30.0 Å². The summed E-state index contributed by atoms with van der Waals surface area (Å²) in [5.74, 6) is -2.46. The highest BCUT2D eigenvalue weighted by atomic mass is 32.2. The number of ether oxygens (including phenoxy) is 3. The number of thioether (sulfide) groups is 1. The maximum Gasteiger partial charge on any atom is 0.338 e. The topological polar surface area (TPSA) is 144 Å². The number of hydrogen-bond acceptors (Lipinski definition) is 10. The van der Waals surface area contributed by atoms with Crippen molar-refractivity contribution >= 4 is 58.2 Å². The molecule has 1 fully saturated rings. The van der Waals surface area contributed by atoms with Crippen molar-refractivity contribution < 1.29 is 33.4 Å². The number of H-pyrrole nitrogens is 1. The third-order valence-corrected chi connectivity index (χ3v) is 10.2. The fourth-order valence-corrected chi connectivity index (χ4v) is 8.19. The van der Waals surface area contributed by atoms with E-state index in [1.165, 1.54) is 23.9 Å². The van der Waals surface area contributed by atoms with Crippen molar-refractivity contribution in [1.82, 2.24) is 4.98 Å². The van der Waals surface area contributed by atoms with E-state index in [0.717, 1.165) is 21.8 Å². The monoisotopic (exact) mass is 673 g/mol. The number of esters is 1. The Hall–Kier alpha value is -4.88. The summed E-state index contributed by atoms with van der Waals surface area (Å²) in [7, 11) is 0. The average molecular weight is 674 g/mol. The number of aromatic nitrogens is 1. The van der Waals surface area contributed by atoms with Crippen LogP contribution in [0.4, 0.5) is 11.4 Å². The van der Waals surface area contributed by atoms with Gasteiger partial charge in [-0.05, 0) is 74.9 Å². The van der Waals surface area contributed by atoms with E-state index in [1.54, 1.807) is 37.3 Å². The third-order valence-electron chi connectivity index (χ3n) is 7.78. The smallest absolute Gasteiger partial charge is 0.338 e. The lowest BCUT2D eigenvalue weighted by atomic mass is 9.83. The van der Waals surface area contributed by atoms with E-state index in [9.17, 15) is 24.0 Å². The molecule has 3 amide bonds. The van der Waals surface area contributed by atoms with Crippen LogP contribution in [0.2, 0.25) is 0 Å². The van der Waals surface area contributed by atoms with Crippen molar-refractivity contribution in [2.24, 2.45) is 5.92 Å². The third kappa shape index (κ3) is 6.41. The molecule has 1 saturated heterocycles. The number of fused-ring (bicyclic) bond motifs is 2. The Balaban J connectivity index is 1.29. The van der Waals surface area contributed by atoms with E-state index >= 15 is 0 Å². The maximum absolute atomic E-state index is 14.1. The first-order valence-electron chi connectivity index (χ1n) is 15.0. The van der Waals surface area contributed by atoms with Crippen LogP contribution in [0, 0.1) is 12.8 Å². The number of aromatic amines is 1. The zero-order valence-electron chi connectivity index (χ0n) is 25.7. The number of rotatable bonds is 10. The Morgan fingerprint density at radius 2 is 1.64 bits per heavy atom. The number of imide groups is 1. The van der Waals surface area contributed by atoms with E-state index in [4.69, 9.17) is 14.2 Å². The van der Waals surface area contributed by atoms with Crippen molar-refractivity contribution in [1.29, 1.82) is 0 Å². The fourth-order valence-electron chi connectivity index (χ4n) is 5.67. The van der Waals surface area contributed by atoms with Gasteiger partial charge in [0.2, 0.25) is 11.8 Å². The Morgan fingerprint density at radius 3 is 2.34 bits per heavy atom. The lowest BCUT2D eigenvalue weighted by molar-refractivity contribution is -0.122. The standard InChI is InChI=1S/C34H31N3O8S2/c1-4-43-24-16-20(10-15-23(24)45-17-25(38)35-21-11-6-18(3)7-12-21)26-27-29(46-30-28(26)47-34(42)36-30)32(40)37(31(27)39)22-13-8-19(9-14-22)33(41)44-5-2/h6-16,26-27,29H,4-5,17H2,1-3H3,(H,35,38)(H,36,42). The molecule has 4 aromatic rings. The van der Waals surface area contributed by atoms with Crippen molar-refractivity contribution in [3.8, 4) is 11.5 Å². The molecule has 242 valence electrons. The molecule has 47 heavy (non-hydrogen) atoms. The molecule has 6 rings (SSSR count). The molecule has 0 bridgehead atoms. The van der Waals surface area contributed by atoms with Gasteiger partial charge in [0.15, 0.2) is 18.1 Å². The Morgan fingerprint density at radius 1 is 0.894 bits per heavy atom. The van der Waals surface area contributed by atoms with Crippen LogP contribution < -0.4 is 24.6 Å². The molecule has 1 aromatic heterocycles. The van der Waals surface area contributed by atoms with Crippen LogP contribution in [0.3, 0.4) is 0 Å². The van der Waals surface area contributed by atoms with Gasteiger partial charge in [-0.1, -0.05) is 46.9 Å². The molecule has 3 atom stereocenters. The first kappa shape index (κ1) is 32.1. The van der Waals surface area contributed by atoms with Gasteiger partial charge in [-0.15, -0.1) is 0 Å². The van der Waals surface area contributed by atoms with Crippen LogP contribution in [0.25, 0.3) is 0 Å². The minimum absolute atomic E-state index is 0.222. The summed E-state index contributed by atoms with van der Waals surface area (Å²) in [5, 5.41) is 2.54. The van der Waals surface area contributed by atoms with Crippen LogP contribution in [0.15, 0.2) is 76.6 Å². The van der Waals surface area contributed by atoms with Gasteiger partial charge in [-0.2, -0.15) is 0 Å². The van der Waals surface area contributed by atoms with Crippen LogP contribution >= 0.6 is 23.1 Å². The Labute approximate surface area is 278 Å². The minimum atomic E-state index is -0.822. The van der Waals surface area contributed by atoms with Crippen LogP contribution in [-0.2, 0) is 19.1 Å². The van der Waals surface area contributed by atoms with E-state index in [0.29, 0.717) is 50.5 Å². The average Bonchev–Trinajstić information content (AvgIpc) is 3.55. The number of carbonyl (C=O) groups is 4. The van der Waals surface area contributed by atoms with Gasteiger partial charge in [-0.25, -0.2) is 9.69 Å². The van der Waals surface area contributed by atoms with Crippen LogP contribution in [0.1, 0.15) is 46.1 Å². The number of anilines is 2. The van der Waals surface area contributed by atoms with Crippen molar-refractivity contribution in [3.63, 3.8) is 0 Å². The Bertz CT molecular complexity index is 1900. The number of nitrogens with zero attached hydrogens (tertiary/aromatic N) is 1. The number of nitrogens with one attached hydrogen (secondary N) is 2. The molecule has 0 aliphatic carbocycles. The summed E-state index contributed by atoms with van der Waals surface area (Å²) >= 11 is 2.17. The molecule has 3 heterocycles. The highest BCUT2D eigenvalue weighted by Crippen LogP contribution is 2.53. The van der Waals surface area contributed by atoms with Crippen LogP contribution in [0.5, 0.6) is 11.5 Å². The maximum atomic E-state index is 14.1. The Kier molecular flexibility index (Phi) is 9.19. The molecule has 2 N–H and O–H groups in total. The van der Waals surface area contributed by atoms with Crippen LogP contribution in [-0.4, -0.2) is 53.7 Å². The number of aryl methyl sites for hydroxylation is 1. The van der Waals surface area contributed by atoms with E-state index in [2.05, 4.69) is 10.3 Å². The molecule has 0 saturated carbocycles. The molecular formula is C34H31N3O8S2. The van der Waals surface area contributed by atoms with E-state index in [-0.39, 0.29) is 24.0 Å². The fraction of sp³-hybridized carbons (Fsp3) is 0.265. The van der Waals surface area contributed by atoms with E-state index < -0.39 is 34.9 Å². The lowest BCUT2D eigenvalue weighted by Crippen LogP contribution is -2.32. The molecule has 3 aromatic carbocycles. The first-order valence-corrected chi connectivity index (χ1v) is 16.7. The summed E-state index contributed by atoms with van der Waals surface area (Å²) in [5.41, 5.74) is 3.01. The largest absolute Gasteiger partial charge is 0.490 e. The van der Waals surface area contributed by atoms with Gasteiger partial charge < -0.3 is 24.5 Å². The number of amides is 3. The van der Waals surface area contributed by atoms with Gasteiger partial charge in [0, 0.05) is 16.5 Å². The summed E-state index contributed by atoms with van der Waals surface area (Å²) in [6, 6.07) is 18.7. The molecule has 11 nitrogen and oxygen atoms in total. The van der Waals surface area contributed by atoms with Crippen molar-refractivity contribution in [2.45, 2.75) is 37.0 Å². The molecule has 0 spiro atoms. The normalized spacial score (nSPS) is 18.4. The second-order valence-electron chi connectivity index (χ2n) is 10.9. The SMILES string of the molecule is CCOC(=O)c1ccc(N2C(=O)C3Sc4[nH]c(=O)sc4C(c4ccc(OCC(=O)Nc5ccc(C)cc5)c(OCC)c4)C3C2=O)cc1. The van der Waals surface area contributed by atoms with E-state index in [1.807, 2.05) is 38.1 Å². The van der Waals surface area contributed by atoms with Gasteiger partial charge in [0.05, 0.1) is 35.4 Å². The molecule has 0 radical (unpaired) electrons. The zero-order chi connectivity index (χ0) is 33.2. The summed E-state index contributed by atoms with van der Waals surface area (Å²) in [4.78, 5) is 69.5. The summed E-state index contributed by atoms with van der Waals surface area (Å²) < 4.78 is 16.8.